The van der Waals surface area contributed by atoms with E-state index in [2.05, 4.69) is 4.72 Å². The Morgan fingerprint density at radius 3 is 2.76 bits per heavy atom. The quantitative estimate of drug-likeness (QED) is 0.852. The summed E-state index contributed by atoms with van der Waals surface area (Å²) in [7, 11) is -3.85. The molecule has 1 rings (SSSR count). The second-order valence-electron chi connectivity index (χ2n) is 3.46. The molecule has 1 aromatic carbocycles. The summed E-state index contributed by atoms with van der Waals surface area (Å²) < 4.78 is 26.0. The number of hydrogen-bond donors (Lipinski definition) is 2. The highest BCUT2D eigenvalue weighted by atomic mass is 35.5. The van der Waals surface area contributed by atoms with E-state index in [-0.39, 0.29) is 22.1 Å². The molecule has 1 unspecified atom stereocenters. The largest absolute Gasteiger partial charge is 0.395 e. The Bertz CT molecular complexity index is 551. The van der Waals surface area contributed by atoms with Gasteiger partial charge in [0, 0.05) is 11.1 Å². The summed E-state index contributed by atoms with van der Waals surface area (Å²) in [6, 6.07) is 5.12. The highest BCUT2D eigenvalue weighted by molar-refractivity contribution is 7.89. The van der Waals surface area contributed by atoms with E-state index < -0.39 is 16.1 Å². The van der Waals surface area contributed by atoms with Crippen molar-refractivity contribution < 1.29 is 13.5 Å². The number of nitrogens with zero attached hydrogens (tertiary/aromatic N) is 1. The van der Waals surface area contributed by atoms with E-state index >= 15 is 0 Å². The number of halogens is 1. The molecule has 17 heavy (non-hydrogen) atoms. The smallest absolute Gasteiger partial charge is 0.242 e. The molecule has 0 radical (unpaired) electrons. The third kappa shape index (κ3) is 3.41. The normalized spacial score (nSPS) is 13.1. The molecule has 0 saturated heterocycles. The fourth-order valence-electron chi connectivity index (χ4n) is 1.18. The first kappa shape index (κ1) is 13.9. The van der Waals surface area contributed by atoms with Crippen LogP contribution in [0.4, 0.5) is 0 Å². The number of nitrogens with one attached hydrogen (secondary N) is 1. The fourth-order valence-corrected chi connectivity index (χ4v) is 2.83. The maximum absolute atomic E-state index is 11.9. The Labute approximate surface area is 105 Å². The van der Waals surface area contributed by atoms with Gasteiger partial charge in [-0.1, -0.05) is 11.6 Å². The topological polar surface area (TPSA) is 90.2 Å². The zero-order valence-electron chi connectivity index (χ0n) is 9.01. The van der Waals surface area contributed by atoms with Crippen molar-refractivity contribution in [3.05, 3.63) is 28.8 Å². The summed E-state index contributed by atoms with van der Waals surface area (Å²) in [4.78, 5) is -0.187. The van der Waals surface area contributed by atoms with Crippen LogP contribution in [-0.2, 0) is 10.0 Å². The van der Waals surface area contributed by atoms with Gasteiger partial charge in [0.25, 0.3) is 0 Å². The average molecular weight is 275 g/mol. The molecular formula is C10H11ClN2O3S. The Hall–Kier alpha value is -1.13. The van der Waals surface area contributed by atoms with Gasteiger partial charge in [-0.25, -0.2) is 13.1 Å². The molecule has 0 aromatic heterocycles. The predicted octanol–water partition coefficient (Wildman–Crippen LogP) is 0.871. The maximum Gasteiger partial charge on any atom is 0.242 e. The van der Waals surface area contributed by atoms with E-state index in [4.69, 9.17) is 22.0 Å². The van der Waals surface area contributed by atoms with Crippen LogP contribution in [-0.4, -0.2) is 26.2 Å². The molecule has 7 heteroatoms. The number of sulfonamides is 1. The first-order valence-electron chi connectivity index (χ1n) is 4.73. The lowest BCUT2D eigenvalue weighted by Gasteiger charge is -2.12. The van der Waals surface area contributed by atoms with Crippen LogP contribution < -0.4 is 4.72 Å². The number of aliphatic hydroxyl groups excluding tert-OH is 1. The van der Waals surface area contributed by atoms with E-state index in [1.54, 1.807) is 6.07 Å². The SMILES string of the molecule is CC(CO)NS(=O)(=O)c1cc(Cl)ccc1C#N. The maximum atomic E-state index is 11.9. The fraction of sp³-hybridized carbons (Fsp3) is 0.300. The van der Waals surface area contributed by atoms with Crippen molar-refractivity contribution in [2.24, 2.45) is 0 Å². The Morgan fingerprint density at radius 1 is 1.59 bits per heavy atom. The minimum absolute atomic E-state index is 0.00652. The summed E-state index contributed by atoms with van der Waals surface area (Å²) in [5.41, 5.74) is 0.00652. The molecule has 5 nitrogen and oxygen atoms in total. The van der Waals surface area contributed by atoms with Gasteiger partial charge in [0.1, 0.15) is 11.0 Å². The van der Waals surface area contributed by atoms with Crippen LogP contribution in [0.1, 0.15) is 12.5 Å². The van der Waals surface area contributed by atoms with Gasteiger partial charge in [0.15, 0.2) is 0 Å². The number of nitriles is 1. The molecule has 2 N–H and O–H groups in total. The van der Waals surface area contributed by atoms with Gasteiger partial charge in [-0.3, -0.25) is 0 Å². The minimum atomic E-state index is -3.85. The zero-order valence-corrected chi connectivity index (χ0v) is 10.6. The highest BCUT2D eigenvalue weighted by Crippen LogP contribution is 2.20. The lowest BCUT2D eigenvalue weighted by molar-refractivity contribution is 0.265. The molecule has 0 aliphatic carbocycles. The molecule has 0 amide bonds. The van der Waals surface area contributed by atoms with Crippen molar-refractivity contribution in [1.82, 2.24) is 4.72 Å². The van der Waals surface area contributed by atoms with Gasteiger partial charge in [0.2, 0.25) is 10.0 Å². The molecule has 0 spiro atoms. The molecule has 0 aliphatic rings. The molecule has 1 atom stereocenters. The van der Waals surface area contributed by atoms with E-state index in [1.807, 2.05) is 0 Å². The van der Waals surface area contributed by atoms with E-state index in [1.165, 1.54) is 25.1 Å². The van der Waals surface area contributed by atoms with E-state index in [0.29, 0.717) is 0 Å². The van der Waals surface area contributed by atoms with Crippen molar-refractivity contribution in [2.75, 3.05) is 6.61 Å². The molecule has 0 heterocycles. The number of benzene rings is 1. The standard InChI is InChI=1S/C10H11ClN2O3S/c1-7(6-14)13-17(15,16)10-4-9(11)3-2-8(10)5-12/h2-4,7,13-14H,6H2,1H3. The lowest BCUT2D eigenvalue weighted by atomic mass is 10.2. The second kappa shape index (κ2) is 5.47. The summed E-state index contributed by atoms with van der Waals surface area (Å²) in [6.45, 7) is 1.18. The Balaban J connectivity index is 3.24. The van der Waals surface area contributed by atoms with Gasteiger partial charge < -0.3 is 5.11 Å². The molecule has 0 saturated carbocycles. The Kier molecular flexibility index (Phi) is 4.48. The van der Waals surface area contributed by atoms with Crippen LogP contribution in [0, 0.1) is 11.3 Å². The zero-order chi connectivity index (χ0) is 13.1. The van der Waals surface area contributed by atoms with Crippen LogP contribution in [0.3, 0.4) is 0 Å². The molecule has 1 aromatic rings. The van der Waals surface area contributed by atoms with Crippen LogP contribution >= 0.6 is 11.6 Å². The minimum Gasteiger partial charge on any atom is -0.395 e. The predicted molar refractivity (Wildman–Crippen MR) is 63.0 cm³/mol. The molecular weight excluding hydrogens is 264 g/mol. The second-order valence-corrected chi connectivity index (χ2v) is 5.58. The van der Waals surface area contributed by atoms with Crippen molar-refractivity contribution in [1.29, 1.82) is 5.26 Å². The lowest BCUT2D eigenvalue weighted by Crippen LogP contribution is -2.35. The number of hydrogen-bond acceptors (Lipinski definition) is 4. The summed E-state index contributed by atoms with van der Waals surface area (Å²) in [5.74, 6) is 0. The first-order chi connectivity index (χ1) is 7.90. The summed E-state index contributed by atoms with van der Waals surface area (Å²) in [5, 5.41) is 17.9. The van der Waals surface area contributed by atoms with Gasteiger partial charge >= 0.3 is 0 Å². The Morgan fingerprint density at radius 2 is 2.24 bits per heavy atom. The first-order valence-corrected chi connectivity index (χ1v) is 6.59. The monoisotopic (exact) mass is 274 g/mol. The third-order valence-corrected chi connectivity index (χ3v) is 3.85. The van der Waals surface area contributed by atoms with Gasteiger partial charge in [-0.2, -0.15) is 5.26 Å². The van der Waals surface area contributed by atoms with Crippen LogP contribution in [0.2, 0.25) is 5.02 Å². The van der Waals surface area contributed by atoms with Crippen molar-refractivity contribution in [3.63, 3.8) is 0 Å². The van der Waals surface area contributed by atoms with Crippen LogP contribution in [0.5, 0.6) is 0 Å². The number of rotatable bonds is 4. The molecule has 0 fully saturated rings. The molecule has 92 valence electrons. The number of aliphatic hydroxyl groups is 1. The average Bonchev–Trinajstić information content (AvgIpc) is 2.28. The highest BCUT2D eigenvalue weighted by Gasteiger charge is 2.21. The summed E-state index contributed by atoms with van der Waals surface area (Å²) in [6.07, 6.45) is 0. The van der Waals surface area contributed by atoms with Crippen LogP contribution in [0.15, 0.2) is 23.1 Å². The van der Waals surface area contributed by atoms with Crippen molar-refractivity contribution in [2.45, 2.75) is 17.9 Å². The summed E-state index contributed by atoms with van der Waals surface area (Å²) >= 11 is 5.70. The van der Waals surface area contributed by atoms with Gasteiger partial charge in [0.05, 0.1) is 12.2 Å². The van der Waals surface area contributed by atoms with Crippen LogP contribution in [0.25, 0.3) is 0 Å². The van der Waals surface area contributed by atoms with Crippen molar-refractivity contribution >= 4 is 21.6 Å². The van der Waals surface area contributed by atoms with Gasteiger partial charge in [-0.15, -0.1) is 0 Å². The third-order valence-electron chi connectivity index (χ3n) is 1.98. The molecule has 0 aliphatic heterocycles. The molecule has 0 bridgehead atoms. The van der Waals surface area contributed by atoms with Gasteiger partial charge in [-0.05, 0) is 25.1 Å². The van der Waals surface area contributed by atoms with E-state index in [9.17, 15) is 8.42 Å². The van der Waals surface area contributed by atoms with E-state index in [0.717, 1.165) is 0 Å². The van der Waals surface area contributed by atoms with Crippen molar-refractivity contribution in [3.8, 4) is 6.07 Å².